The Morgan fingerprint density at radius 2 is 1.88 bits per heavy atom. The Balaban J connectivity index is 1.31. The number of nitrogens with zero attached hydrogens (tertiary/aromatic N) is 2. The van der Waals surface area contributed by atoms with Crippen LogP contribution in [-0.4, -0.2) is 46.8 Å². The third kappa shape index (κ3) is 3.25. The molecule has 0 saturated carbocycles. The van der Waals surface area contributed by atoms with Gasteiger partial charge in [-0.3, -0.25) is 14.5 Å². The zero-order valence-electron chi connectivity index (χ0n) is 18.1. The highest BCUT2D eigenvalue weighted by Gasteiger charge is 2.52. The van der Waals surface area contributed by atoms with Gasteiger partial charge in [0.25, 0.3) is 5.91 Å². The van der Waals surface area contributed by atoms with Crippen molar-refractivity contribution in [1.82, 2.24) is 15.1 Å². The molecule has 3 aromatic rings. The van der Waals surface area contributed by atoms with E-state index in [1.807, 2.05) is 55.5 Å². The number of urea groups is 1. The van der Waals surface area contributed by atoms with Crippen molar-refractivity contribution in [2.75, 3.05) is 13.6 Å². The lowest BCUT2D eigenvalue weighted by Crippen LogP contribution is -2.51. The van der Waals surface area contributed by atoms with Crippen LogP contribution in [0.15, 0.2) is 59.0 Å². The Bertz CT molecular complexity index is 1200. The molecule has 2 heterocycles. The quantitative estimate of drug-likeness (QED) is 0.642. The topological polar surface area (TPSA) is 82.9 Å². The molecule has 1 aromatic heterocycles. The van der Waals surface area contributed by atoms with Crippen LogP contribution < -0.4 is 5.32 Å². The number of amides is 4. The van der Waals surface area contributed by atoms with Gasteiger partial charge in [-0.2, -0.15) is 0 Å². The van der Waals surface area contributed by atoms with E-state index in [4.69, 9.17) is 4.42 Å². The predicted molar refractivity (Wildman–Crippen MR) is 119 cm³/mol. The average Bonchev–Trinajstić information content (AvgIpc) is 3.33. The first-order chi connectivity index (χ1) is 15.4. The Morgan fingerprint density at radius 3 is 2.66 bits per heavy atom. The van der Waals surface area contributed by atoms with Gasteiger partial charge in [0, 0.05) is 18.9 Å². The highest BCUT2D eigenvalue weighted by Crippen LogP contribution is 2.34. The van der Waals surface area contributed by atoms with Gasteiger partial charge < -0.3 is 14.6 Å². The van der Waals surface area contributed by atoms with Gasteiger partial charge in [-0.1, -0.05) is 42.5 Å². The van der Waals surface area contributed by atoms with Crippen LogP contribution in [0.25, 0.3) is 11.0 Å². The van der Waals surface area contributed by atoms with E-state index in [1.54, 1.807) is 7.05 Å². The fourth-order valence-corrected chi connectivity index (χ4v) is 4.71. The molecule has 164 valence electrons. The van der Waals surface area contributed by atoms with Crippen LogP contribution in [0.5, 0.6) is 0 Å². The summed E-state index contributed by atoms with van der Waals surface area (Å²) in [6.07, 6.45) is 1.70. The molecule has 1 fully saturated rings. The summed E-state index contributed by atoms with van der Waals surface area (Å²) in [4.78, 5) is 41.5. The van der Waals surface area contributed by atoms with Gasteiger partial charge in [0.1, 0.15) is 23.4 Å². The molecule has 7 heteroatoms. The van der Waals surface area contributed by atoms with Crippen LogP contribution in [0.2, 0.25) is 0 Å². The number of furan rings is 1. The third-order valence-electron chi connectivity index (χ3n) is 6.80. The lowest BCUT2D eigenvalue weighted by Gasteiger charge is -2.32. The molecule has 2 aliphatic rings. The summed E-state index contributed by atoms with van der Waals surface area (Å²) in [5, 5.41) is 3.84. The molecule has 2 aromatic carbocycles. The lowest BCUT2D eigenvalue weighted by molar-refractivity contribution is -0.139. The fraction of sp³-hybridized carbons (Fsp3) is 0.320. The SMILES string of the molecule is CC(c1cc2ccccc2o1)N(C)C(=O)CN1C(=O)NC2(CCc3ccccc3C2)C1=O. The number of nitrogens with one attached hydrogen (secondary N) is 1. The van der Waals surface area contributed by atoms with Gasteiger partial charge in [-0.05, 0) is 43.0 Å². The van der Waals surface area contributed by atoms with Gasteiger partial charge >= 0.3 is 6.03 Å². The normalized spacial score (nSPS) is 21.0. The third-order valence-corrected chi connectivity index (χ3v) is 6.80. The van der Waals surface area contributed by atoms with Gasteiger partial charge in [0.15, 0.2) is 0 Å². The van der Waals surface area contributed by atoms with Gasteiger partial charge in [0.2, 0.25) is 5.91 Å². The second kappa shape index (κ2) is 7.51. The number of benzene rings is 2. The minimum absolute atomic E-state index is 0.296. The van der Waals surface area contributed by atoms with Crippen LogP contribution in [0.4, 0.5) is 4.79 Å². The number of para-hydroxylation sites is 1. The predicted octanol–water partition coefficient (Wildman–Crippen LogP) is 3.43. The van der Waals surface area contributed by atoms with Gasteiger partial charge in [-0.25, -0.2) is 4.79 Å². The van der Waals surface area contributed by atoms with Crippen molar-refractivity contribution < 1.29 is 18.8 Å². The van der Waals surface area contributed by atoms with E-state index in [-0.39, 0.29) is 24.4 Å². The average molecular weight is 431 g/mol. The largest absolute Gasteiger partial charge is 0.459 e. The zero-order valence-corrected chi connectivity index (χ0v) is 18.1. The molecule has 1 saturated heterocycles. The van der Waals surface area contributed by atoms with Gasteiger partial charge in [0.05, 0.1) is 6.04 Å². The summed E-state index contributed by atoms with van der Waals surface area (Å²) in [5.74, 6) is 0.00414. The van der Waals surface area contributed by atoms with Crippen LogP contribution in [0.1, 0.15) is 36.3 Å². The molecular formula is C25H25N3O4. The van der Waals surface area contributed by atoms with Gasteiger partial charge in [-0.15, -0.1) is 0 Å². The first-order valence-corrected chi connectivity index (χ1v) is 10.8. The van der Waals surface area contributed by atoms with Crippen molar-refractivity contribution in [3.63, 3.8) is 0 Å². The Hall–Kier alpha value is -3.61. The summed E-state index contributed by atoms with van der Waals surface area (Å²) < 4.78 is 5.88. The molecule has 7 nitrogen and oxygen atoms in total. The molecule has 4 amide bonds. The molecule has 32 heavy (non-hydrogen) atoms. The lowest BCUT2D eigenvalue weighted by atomic mass is 9.78. The van der Waals surface area contributed by atoms with E-state index in [2.05, 4.69) is 11.4 Å². The van der Waals surface area contributed by atoms with Crippen molar-refractivity contribution in [2.24, 2.45) is 0 Å². The molecule has 5 rings (SSSR count). The number of hydrogen-bond donors (Lipinski definition) is 1. The summed E-state index contributed by atoms with van der Waals surface area (Å²) >= 11 is 0. The highest BCUT2D eigenvalue weighted by molar-refractivity contribution is 6.09. The van der Waals surface area contributed by atoms with Crippen molar-refractivity contribution in [3.8, 4) is 0 Å². The second-order valence-electron chi connectivity index (χ2n) is 8.72. The number of aryl methyl sites for hydroxylation is 1. The second-order valence-corrected chi connectivity index (χ2v) is 8.72. The molecule has 0 bridgehead atoms. The molecule has 1 aliphatic carbocycles. The maximum atomic E-state index is 13.3. The Morgan fingerprint density at radius 1 is 1.16 bits per heavy atom. The zero-order chi connectivity index (χ0) is 22.5. The molecule has 2 unspecified atom stereocenters. The number of rotatable bonds is 4. The number of carbonyl (C=O) groups is 3. The number of fused-ring (bicyclic) bond motifs is 2. The van der Waals surface area contributed by atoms with E-state index in [1.165, 1.54) is 10.5 Å². The number of carbonyl (C=O) groups excluding carboxylic acids is 3. The monoisotopic (exact) mass is 431 g/mol. The minimum Gasteiger partial charge on any atom is -0.459 e. The van der Waals surface area contributed by atoms with Crippen molar-refractivity contribution in [1.29, 1.82) is 0 Å². The van der Waals surface area contributed by atoms with Crippen LogP contribution in [0, 0.1) is 0 Å². The molecule has 0 radical (unpaired) electrons. The summed E-state index contributed by atoms with van der Waals surface area (Å²) in [5.41, 5.74) is 2.06. The highest BCUT2D eigenvalue weighted by atomic mass is 16.3. The fourth-order valence-electron chi connectivity index (χ4n) is 4.71. The van der Waals surface area contributed by atoms with E-state index in [0.29, 0.717) is 25.0 Å². The standard InChI is InChI=1S/C25H25N3O4/c1-16(21-13-18-8-5-6-10-20(18)32-21)27(2)22(29)15-28-23(30)25(26-24(28)31)12-11-17-7-3-4-9-19(17)14-25/h3-10,13,16H,11-12,14-15H2,1-2H3,(H,26,31). The Kier molecular flexibility index (Phi) is 4.77. The maximum Gasteiger partial charge on any atom is 0.325 e. The number of imide groups is 1. The van der Waals surface area contributed by atoms with Crippen LogP contribution in [0.3, 0.4) is 0 Å². The number of likely N-dealkylation sites (N-methyl/N-ethyl adjacent to an activating group) is 1. The van der Waals surface area contributed by atoms with Crippen molar-refractivity contribution >= 4 is 28.8 Å². The van der Waals surface area contributed by atoms with E-state index in [0.717, 1.165) is 21.4 Å². The first-order valence-electron chi connectivity index (χ1n) is 10.8. The summed E-state index contributed by atoms with van der Waals surface area (Å²) in [6, 6.07) is 16.7. The summed E-state index contributed by atoms with van der Waals surface area (Å²) in [7, 11) is 1.66. The summed E-state index contributed by atoms with van der Waals surface area (Å²) in [6.45, 7) is 1.57. The molecule has 1 aliphatic heterocycles. The van der Waals surface area contributed by atoms with E-state index in [9.17, 15) is 14.4 Å². The minimum atomic E-state index is -0.964. The van der Waals surface area contributed by atoms with Crippen molar-refractivity contribution in [2.45, 2.75) is 37.8 Å². The molecule has 2 atom stereocenters. The van der Waals surface area contributed by atoms with Crippen LogP contribution >= 0.6 is 0 Å². The maximum absolute atomic E-state index is 13.3. The van der Waals surface area contributed by atoms with Crippen molar-refractivity contribution in [3.05, 3.63) is 71.5 Å². The van der Waals surface area contributed by atoms with E-state index >= 15 is 0 Å². The smallest absolute Gasteiger partial charge is 0.325 e. The molecule has 1 N–H and O–H groups in total. The van der Waals surface area contributed by atoms with E-state index < -0.39 is 11.6 Å². The molecular weight excluding hydrogens is 406 g/mol. The molecule has 1 spiro atoms. The van der Waals surface area contributed by atoms with Crippen LogP contribution in [-0.2, 0) is 22.4 Å². The Labute approximate surface area is 186 Å². The first kappa shape index (κ1) is 20.3. The number of hydrogen-bond acceptors (Lipinski definition) is 4.